The lowest BCUT2D eigenvalue weighted by Crippen LogP contribution is -2.27. The Kier molecular flexibility index (Phi) is 4.84. The first-order chi connectivity index (χ1) is 9.49. The molecule has 104 valence electrons. The van der Waals surface area contributed by atoms with Gasteiger partial charge in [0.15, 0.2) is 0 Å². The van der Waals surface area contributed by atoms with Crippen LogP contribution in [0.5, 0.6) is 0 Å². The number of nitrogens with zero attached hydrogens (tertiary/aromatic N) is 1. The highest BCUT2D eigenvalue weighted by Crippen LogP contribution is 2.20. The molecule has 0 aromatic heterocycles. The van der Waals surface area contributed by atoms with Gasteiger partial charge in [-0.2, -0.15) is 0 Å². The number of carbonyl (C=O) groups excluding carboxylic acids is 1. The zero-order valence-corrected chi connectivity index (χ0v) is 13.7. The summed E-state index contributed by atoms with van der Waals surface area (Å²) in [5.41, 5.74) is 2.65. The first kappa shape index (κ1) is 15.1. The maximum absolute atomic E-state index is 12.5. The van der Waals surface area contributed by atoms with Crippen LogP contribution in [0.3, 0.4) is 0 Å². The number of rotatable bonds is 3. The van der Waals surface area contributed by atoms with E-state index in [0.29, 0.717) is 17.1 Å². The Balaban J connectivity index is 2.21. The summed E-state index contributed by atoms with van der Waals surface area (Å²) in [5, 5.41) is 0.577. The van der Waals surface area contributed by atoms with Gasteiger partial charge < -0.3 is 4.90 Å². The van der Waals surface area contributed by atoms with Gasteiger partial charge in [-0.3, -0.25) is 4.79 Å². The van der Waals surface area contributed by atoms with E-state index in [0.717, 1.165) is 15.6 Å². The van der Waals surface area contributed by atoms with Gasteiger partial charge in [-0.05, 0) is 36.2 Å². The molecule has 0 aliphatic carbocycles. The summed E-state index contributed by atoms with van der Waals surface area (Å²) >= 11 is 9.47. The van der Waals surface area contributed by atoms with Gasteiger partial charge in [0.05, 0.1) is 0 Å². The maximum Gasteiger partial charge on any atom is 0.254 e. The largest absolute Gasteiger partial charge is 0.337 e. The summed E-state index contributed by atoms with van der Waals surface area (Å²) in [6.45, 7) is 2.46. The average Bonchev–Trinajstić information content (AvgIpc) is 2.43. The normalized spacial score (nSPS) is 10.4. The molecule has 0 aliphatic rings. The standard InChI is InChI=1S/C16H15BrClNO/c1-11-7-8-13(18)9-14(11)16(20)19(2)10-12-5-3-4-6-15(12)17/h3-9H,10H2,1-2H3. The number of aryl methyl sites for hydroxylation is 1. The highest BCUT2D eigenvalue weighted by molar-refractivity contribution is 9.10. The number of halogens is 2. The summed E-state index contributed by atoms with van der Waals surface area (Å²) in [5.74, 6) is -0.0271. The van der Waals surface area contributed by atoms with Crippen molar-refractivity contribution in [2.24, 2.45) is 0 Å². The first-order valence-corrected chi connectivity index (χ1v) is 7.41. The maximum atomic E-state index is 12.5. The Bertz CT molecular complexity index is 642. The molecule has 0 saturated carbocycles. The highest BCUT2D eigenvalue weighted by atomic mass is 79.9. The number of hydrogen-bond donors (Lipinski definition) is 0. The van der Waals surface area contributed by atoms with Gasteiger partial charge in [0.1, 0.15) is 0 Å². The van der Waals surface area contributed by atoms with Crippen molar-refractivity contribution in [3.8, 4) is 0 Å². The van der Waals surface area contributed by atoms with Gasteiger partial charge in [-0.25, -0.2) is 0 Å². The van der Waals surface area contributed by atoms with Crippen LogP contribution in [0, 0.1) is 6.92 Å². The van der Waals surface area contributed by atoms with Crippen LogP contribution in [-0.4, -0.2) is 17.9 Å². The molecule has 0 heterocycles. The fourth-order valence-corrected chi connectivity index (χ4v) is 2.57. The van der Waals surface area contributed by atoms with E-state index >= 15 is 0 Å². The van der Waals surface area contributed by atoms with Crippen molar-refractivity contribution in [3.05, 3.63) is 68.7 Å². The second-order valence-electron chi connectivity index (χ2n) is 4.71. The Morgan fingerprint density at radius 1 is 1.25 bits per heavy atom. The molecule has 0 N–H and O–H groups in total. The summed E-state index contributed by atoms with van der Waals surface area (Å²) in [6.07, 6.45) is 0. The van der Waals surface area contributed by atoms with Gasteiger partial charge in [0.2, 0.25) is 0 Å². The second-order valence-corrected chi connectivity index (χ2v) is 6.00. The molecule has 20 heavy (non-hydrogen) atoms. The van der Waals surface area contributed by atoms with E-state index < -0.39 is 0 Å². The van der Waals surface area contributed by atoms with Gasteiger partial charge in [0, 0.05) is 28.7 Å². The molecular weight excluding hydrogens is 338 g/mol. The smallest absolute Gasteiger partial charge is 0.254 e. The molecule has 0 radical (unpaired) electrons. The lowest BCUT2D eigenvalue weighted by molar-refractivity contribution is 0.0784. The summed E-state index contributed by atoms with van der Waals surface area (Å²) < 4.78 is 1.00. The topological polar surface area (TPSA) is 20.3 Å². The van der Waals surface area contributed by atoms with Crippen LogP contribution < -0.4 is 0 Å². The fourth-order valence-electron chi connectivity index (χ4n) is 1.98. The van der Waals surface area contributed by atoms with Crippen LogP contribution >= 0.6 is 27.5 Å². The van der Waals surface area contributed by atoms with Crippen LogP contribution in [0.25, 0.3) is 0 Å². The van der Waals surface area contributed by atoms with Crippen LogP contribution in [0.15, 0.2) is 46.9 Å². The SMILES string of the molecule is Cc1ccc(Cl)cc1C(=O)N(C)Cc1ccccc1Br. The van der Waals surface area contributed by atoms with Crippen molar-refractivity contribution < 1.29 is 4.79 Å². The molecule has 0 unspecified atom stereocenters. The van der Waals surface area contributed by atoms with Gasteiger partial charge >= 0.3 is 0 Å². The molecule has 2 nitrogen and oxygen atoms in total. The molecule has 2 aromatic carbocycles. The van der Waals surface area contributed by atoms with Crippen molar-refractivity contribution in [1.82, 2.24) is 4.90 Å². The molecule has 0 spiro atoms. The van der Waals surface area contributed by atoms with E-state index in [1.807, 2.05) is 37.3 Å². The monoisotopic (exact) mass is 351 g/mol. The Morgan fingerprint density at radius 3 is 2.65 bits per heavy atom. The molecule has 1 amide bonds. The molecule has 0 bridgehead atoms. The summed E-state index contributed by atoms with van der Waals surface area (Å²) in [7, 11) is 1.79. The van der Waals surface area contributed by atoms with Crippen LogP contribution in [-0.2, 0) is 6.54 Å². The predicted octanol–water partition coefficient (Wildman–Crippen LogP) is 4.68. The first-order valence-electron chi connectivity index (χ1n) is 6.24. The molecule has 4 heteroatoms. The van der Waals surface area contributed by atoms with Crippen molar-refractivity contribution in [2.45, 2.75) is 13.5 Å². The van der Waals surface area contributed by atoms with E-state index in [2.05, 4.69) is 15.9 Å². The molecule has 0 saturated heterocycles. The van der Waals surface area contributed by atoms with E-state index in [4.69, 9.17) is 11.6 Å². The van der Waals surface area contributed by atoms with Crippen molar-refractivity contribution in [2.75, 3.05) is 7.05 Å². The average molecular weight is 353 g/mol. The Labute approximate surface area is 132 Å². The molecule has 0 aliphatic heterocycles. The van der Waals surface area contributed by atoms with Crippen molar-refractivity contribution >= 4 is 33.4 Å². The summed E-state index contributed by atoms with van der Waals surface area (Å²) in [6, 6.07) is 13.3. The third-order valence-corrected chi connectivity index (χ3v) is 4.15. The molecular formula is C16H15BrClNO. The number of benzene rings is 2. The fraction of sp³-hybridized carbons (Fsp3) is 0.188. The highest BCUT2D eigenvalue weighted by Gasteiger charge is 2.15. The lowest BCUT2D eigenvalue weighted by Gasteiger charge is -2.19. The minimum atomic E-state index is -0.0271. The predicted molar refractivity (Wildman–Crippen MR) is 86.1 cm³/mol. The van der Waals surface area contributed by atoms with Gasteiger partial charge in [-0.15, -0.1) is 0 Å². The number of carbonyl (C=O) groups is 1. The lowest BCUT2D eigenvalue weighted by atomic mass is 10.1. The third-order valence-electron chi connectivity index (χ3n) is 3.14. The van der Waals surface area contributed by atoms with Gasteiger partial charge in [-0.1, -0.05) is 51.8 Å². The zero-order chi connectivity index (χ0) is 14.7. The Hall–Kier alpha value is -1.32. The zero-order valence-electron chi connectivity index (χ0n) is 11.4. The quantitative estimate of drug-likeness (QED) is 0.785. The minimum Gasteiger partial charge on any atom is -0.337 e. The van der Waals surface area contributed by atoms with E-state index in [1.165, 1.54) is 0 Å². The van der Waals surface area contributed by atoms with E-state index in [9.17, 15) is 4.79 Å². The third kappa shape index (κ3) is 3.41. The molecule has 2 rings (SSSR count). The molecule has 2 aromatic rings. The molecule has 0 fully saturated rings. The number of hydrogen-bond acceptors (Lipinski definition) is 1. The van der Waals surface area contributed by atoms with Crippen molar-refractivity contribution in [3.63, 3.8) is 0 Å². The second kappa shape index (κ2) is 6.42. The van der Waals surface area contributed by atoms with Crippen LogP contribution in [0.4, 0.5) is 0 Å². The van der Waals surface area contributed by atoms with Crippen molar-refractivity contribution in [1.29, 1.82) is 0 Å². The minimum absolute atomic E-state index is 0.0271. The van der Waals surface area contributed by atoms with Crippen LogP contribution in [0.2, 0.25) is 5.02 Å². The van der Waals surface area contributed by atoms with E-state index in [1.54, 1.807) is 24.1 Å². The van der Waals surface area contributed by atoms with Crippen LogP contribution in [0.1, 0.15) is 21.5 Å². The number of amides is 1. The summed E-state index contributed by atoms with van der Waals surface area (Å²) in [4.78, 5) is 14.2. The molecule has 0 atom stereocenters. The van der Waals surface area contributed by atoms with Gasteiger partial charge in [0.25, 0.3) is 5.91 Å². The Morgan fingerprint density at radius 2 is 1.95 bits per heavy atom. The van der Waals surface area contributed by atoms with E-state index in [-0.39, 0.29) is 5.91 Å².